The number of primary amides is 1. The van der Waals surface area contributed by atoms with Gasteiger partial charge >= 0.3 is 0 Å². The van der Waals surface area contributed by atoms with E-state index in [9.17, 15) is 9.90 Å². The molecule has 2 fully saturated rings. The molecule has 0 spiro atoms. The molecule has 1 aromatic rings. The standard InChI is InChI=1S/C19H31N5O3.H2/c1-27-15-7-3-4-12(8-9-15)23-19-21-11-16(17(20)26)18(24-19)22-13-5-2-6-14(25)10-13;/h11-15,25H,2-10H2,1H3,(H2,20,26)(H2,21,22,23,24);1H/t12-,13+,14-,15-;/m0./s1. The molecule has 1 aromatic heterocycles. The number of amides is 1. The summed E-state index contributed by atoms with van der Waals surface area (Å²) in [4.78, 5) is 20.6. The van der Waals surface area contributed by atoms with E-state index < -0.39 is 5.91 Å². The molecule has 8 heteroatoms. The van der Waals surface area contributed by atoms with Crippen LogP contribution in [0, 0.1) is 0 Å². The van der Waals surface area contributed by atoms with Gasteiger partial charge in [-0.3, -0.25) is 4.79 Å². The second kappa shape index (κ2) is 9.32. The third kappa shape index (κ3) is 5.52. The highest BCUT2D eigenvalue weighted by Crippen LogP contribution is 2.25. The predicted molar refractivity (Wildman–Crippen MR) is 106 cm³/mol. The first-order chi connectivity index (χ1) is 13.0. The molecule has 0 aliphatic heterocycles. The number of carbonyl (C=O) groups is 1. The van der Waals surface area contributed by atoms with E-state index in [1.807, 2.05) is 0 Å². The van der Waals surface area contributed by atoms with Crippen molar-refractivity contribution in [3.8, 4) is 0 Å². The van der Waals surface area contributed by atoms with Crippen molar-refractivity contribution in [1.29, 1.82) is 0 Å². The lowest BCUT2D eigenvalue weighted by Gasteiger charge is -2.27. The Morgan fingerprint density at radius 3 is 2.70 bits per heavy atom. The molecule has 0 aromatic carbocycles. The molecule has 0 radical (unpaired) electrons. The number of ether oxygens (including phenoxy) is 1. The maximum atomic E-state index is 11.8. The van der Waals surface area contributed by atoms with Gasteiger partial charge in [-0.15, -0.1) is 0 Å². The molecule has 5 N–H and O–H groups in total. The maximum absolute atomic E-state index is 11.8. The summed E-state index contributed by atoms with van der Waals surface area (Å²) >= 11 is 0. The highest BCUT2D eigenvalue weighted by molar-refractivity contribution is 5.97. The van der Waals surface area contributed by atoms with E-state index in [4.69, 9.17) is 10.5 Å². The lowest BCUT2D eigenvalue weighted by Crippen LogP contribution is -2.31. The van der Waals surface area contributed by atoms with Crippen molar-refractivity contribution >= 4 is 17.7 Å². The van der Waals surface area contributed by atoms with Crippen LogP contribution in [0.5, 0.6) is 0 Å². The van der Waals surface area contributed by atoms with Gasteiger partial charge in [-0.1, -0.05) is 0 Å². The number of methoxy groups -OCH3 is 1. The highest BCUT2D eigenvalue weighted by Gasteiger charge is 2.23. The van der Waals surface area contributed by atoms with Gasteiger partial charge in [-0.25, -0.2) is 4.98 Å². The fraction of sp³-hybridized carbons (Fsp3) is 0.737. The monoisotopic (exact) mass is 379 g/mol. The number of aliphatic hydroxyl groups excluding tert-OH is 1. The zero-order valence-corrected chi connectivity index (χ0v) is 16.0. The van der Waals surface area contributed by atoms with E-state index in [2.05, 4.69) is 20.6 Å². The van der Waals surface area contributed by atoms with Gasteiger partial charge in [0.2, 0.25) is 5.95 Å². The Morgan fingerprint density at radius 2 is 1.96 bits per heavy atom. The summed E-state index contributed by atoms with van der Waals surface area (Å²) in [6, 6.07) is 0.365. The third-order valence-electron chi connectivity index (χ3n) is 5.62. The van der Waals surface area contributed by atoms with Gasteiger partial charge in [-0.05, 0) is 57.8 Å². The van der Waals surface area contributed by atoms with Crippen LogP contribution < -0.4 is 16.4 Å². The Morgan fingerprint density at radius 1 is 1.19 bits per heavy atom. The molecule has 2 aliphatic carbocycles. The van der Waals surface area contributed by atoms with Crippen LogP contribution >= 0.6 is 0 Å². The van der Waals surface area contributed by atoms with Crippen LogP contribution in [0.3, 0.4) is 0 Å². The summed E-state index contributed by atoms with van der Waals surface area (Å²) < 4.78 is 5.48. The minimum atomic E-state index is -0.558. The van der Waals surface area contributed by atoms with Crippen LogP contribution in [-0.4, -0.2) is 52.4 Å². The second-order valence-electron chi connectivity index (χ2n) is 7.69. The van der Waals surface area contributed by atoms with Crippen LogP contribution in [0.15, 0.2) is 6.20 Å². The number of carbonyl (C=O) groups excluding carboxylic acids is 1. The summed E-state index contributed by atoms with van der Waals surface area (Å²) in [5.41, 5.74) is 5.77. The number of hydrogen-bond acceptors (Lipinski definition) is 7. The molecular formula is C19H33N5O3. The maximum Gasteiger partial charge on any atom is 0.254 e. The van der Waals surface area contributed by atoms with Crippen molar-refractivity contribution in [2.24, 2.45) is 5.73 Å². The van der Waals surface area contributed by atoms with Gasteiger partial charge in [0.1, 0.15) is 5.82 Å². The normalized spacial score (nSPS) is 29.0. The average Bonchev–Trinajstić information content (AvgIpc) is 2.87. The van der Waals surface area contributed by atoms with Crippen molar-refractivity contribution in [2.75, 3.05) is 17.7 Å². The number of rotatable bonds is 6. The Labute approximate surface area is 161 Å². The molecule has 27 heavy (non-hydrogen) atoms. The zero-order chi connectivity index (χ0) is 19.2. The van der Waals surface area contributed by atoms with E-state index in [1.165, 1.54) is 6.20 Å². The van der Waals surface area contributed by atoms with Crippen molar-refractivity contribution in [2.45, 2.75) is 82.1 Å². The smallest absolute Gasteiger partial charge is 0.254 e. The Hall–Kier alpha value is -1.93. The van der Waals surface area contributed by atoms with Crippen molar-refractivity contribution < 1.29 is 16.1 Å². The number of nitrogens with two attached hydrogens (primary N) is 1. The molecule has 2 saturated carbocycles. The highest BCUT2D eigenvalue weighted by atomic mass is 16.5. The number of aromatic nitrogens is 2. The molecule has 0 saturated heterocycles. The van der Waals surface area contributed by atoms with Gasteiger partial charge in [0, 0.05) is 26.8 Å². The van der Waals surface area contributed by atoms with E-state index in [1.54, 1.807) is 7.11 Å². The summed E-state index contributed by atoms with van der Waals surface area (Å²) in [5, 5.41) is 16.6. The van der Waals surface area contributed by atoms with E-state index in [0.717, 1.165) is 51.4 Å². The fourth-order valence-corrected chi connectivity index (χ4v) is 4.06. The van der Waals surface area contributed by atoms with E-state index >= 15 is 0 Å². The van der Waals surface area contributed by atoms with Crippen molar-refractivity contribution in [3.63, 3.8) is 0 Å². The first-order valence-electron chi connectivity index (χ1n) is 9.96. The molecule has 1 heterocycles. The lowest BCUT2D eigenvalue weighted by atomic mass is 9.93. The molecule has 0 bridgehead atoms. The van der Waals surface area contributed by atoms with Gasteiger partial charge in [0.05, 0.1) is 17.8 Å². The minimum absolute atomic E-state index is 0. The largest absolute Gasteiger partial charge is 0.393 e. The topological polar surface area (TPSA) is 122 Å². The Balaban J connectivity index is 0.00000280. The molecule has 4 atom stereocenters. The summed E-state index contributed by atoms with van der Waals surface area (Å²) in [6.45, 7) is 0. The van der Waals surface area contributed by atoms with Crippen LogP contribution in [0.25, 0.3) is 0 Å². The van der Waals surface area contributed by atoms with Crippen LogP contribution in [0.4, 0.5) is 11.8 Å². The molecule has 0 unspecified atom stereocenters. The lowest BCUT2D eigenvalue weighted by molar-refractivity contribution is 0.0898. The van der Waals surface area contributed by atoms with Crippen molar-refractivity contribution in [3.05, 3.63) is 11.8 Å². The number of nitrogens with one attached hydrogen (secondary N) is 2. The average molecular weight is 380 g/mol. The Kier molecular flexibility index (Phi) is 6.84. The van der Waals surface area contributed by atoms with Gasteiger partial charge in [-0.2, -0.15) is 4.98 Å². The minimum Gasteiger partial charge on any atom is -0.393 e. The van der Waals surface area contributed by atoms with Crippen LogP contribution in [-0.2, 0) is 4.74 Å². The van der Waals surface area contributed by atoms with Crippen LogP contribution in [0.1, 0.15) is 69.6 Å². The molecule has 152 valence electrons. The molecule has 1 amide bonds. The van der Waals surface area contributed by atoms with E-state index in [-0.39, 0.29) is 25.2 Å². The first-order valence-corrected chi connectivity index (χ1v) is 9.96. The van der Waals surface area contributed by atoms with Gasteiger partial charge < -0.3 is 26.2 Å². The molecular weight excluding hydrogens is 346 g/mol. The quantitative estimate of drug-likeness (QED) is 0.559. The van der Waals surface area contributed by atoms with E-state index in [0.29, 0.717) is 24.3 Å². The fourth-order valence-electron chi connectivity index (χ4n) is 4.06. The van der Waals surface area contributed by atoms with Gasteiger partial charge in [0.15, 0.2) is 0 Å². The number of aliphatic hydroxyl groups is 1. The second-order valence-corrected chi connectivity index (χ2v) is 7.69. The molecule has 8 nitrogen and oxygen atoms in total. The summed E-state index contributed by atoms with van der Waals surface area (Å²) in [6.07, 6.45) is 10.1. The Bertz CT molecular complexity index is 648. The number of hydrogen-bond donors (Lipinski definition) is 4. The zero-order valence-electron chi connectivity index (χ0n) is 16.0. The first kappa shape index (κ1) is 19.8. The van der Waals surface area contributed by atoms with Gasteiger partial charge in [0.25, 0.3) is 5.91 Å². The van der Waals surface area contributed by atoms with Crippen molar-refractivity contribution in [1.82, 2.24) is 9.97 Å². The third-order valence-corrected chi connectivity index (χ3v) is 5.62. The molecule has 3 rings (SSSR count). The number of nitrogens with zero attached hydrogens (tertiary/aromatic N) is 2. The predicted octanol–water partition coefficient (Wildman–Crippen LogP) is 2.30. The molecule has 2 aliphatic rings. The summed E-state index contributed by atoms with van der Waals surface area (Å²) in [5.74, 6) is 0.389. The number of anilines is 2. The summed E-state index contributed by atoms with van der Waals surface area (Å²) in [7, 11) is 1.77. The SMILES string of the molecule is CO[C@H]1CCC[C@H](Nc2ncc(C(N)=O)c(N[C@@H]3CCC[C@H](O)C3)n2)CC1.[HH]. The van der Waals surface area contributed by atoms with Crippen LogP contribution in [0.2, 0.25) is 0 Å².